The third-order valence-electron chi connectivity index (χ3n) is 3.84. The molecule has 3 N–H and O–H groups in total. The largest absolute Gasteiger partial charge is 0.383 e. The summed E-state index contributed by atoms with van der Waals surface area (Å²) in [4.78, 5) is 4.41. The van der Waals surface area contributed by atoms with E-state index in [1.54, 1.807) is 6.07 Å². The molecule has 0 saturated heterocycles. The first-order valence-corrected chi connectivity index (χ1v) is 6.76. The van der Waals surface area contributed by atoms with Crippen LogP contribution >= 0.6 is 0 Å². The molecular formula is C16H14FN3. The highest BCUT2D eigenvalue weighted by Gasteiger charge is 2.25. The Morgan fingerprint density at radius 3 is 2.75 bits per heavy atom. The lowest BCUT2D eigenvalue weighted by molar-refractivity contribution is 0.628. The molecule has 1 aliphatic heterocycles. The van der Waals surface area contributed by atoms with Gasteiger partial charge in [0.05, 0.1) is 11.4 Å². The molecule has 20 heavy (non-hydrogen) atoms. The van der Waals surface area contributed by atoms with E-state index in [1.165, 1.54) is 30.5 Å². The topological polar surface area (TPSA) is 50.4 Å². The summed E-state index contributed by atoms with van der Waals surface area (Å²) in [5.74, 6) is 0.847. The summed E-state index contributed by atoms with van der Waals surface area (Å²) in [5, 5.41) is 3.23. The van der Waals surface area contributed by atoms with E-state index in [-0.39, 0.29) is 5.82 Å². The zero-order valence-corrected chi connectivity index (χ0v) is 10.9. The lowest BCUT2D eigenvalue weighted by Gasteiger charge is -2.11. The molecule has 100 valence electrons. The molecule has 0 unspecified atom stereocenters. The Labute approximate surface area is 116 Å². The monoisotopic (exact) mass is 267 g/mol. The molecule has 0 spiro atoms. The van der Waals surface area contributed by atoms with Crippen molar-refractivity contribution in [3.8, 4) is 0 Å². The van der Waals surface area contributed by atoms with Gasteiger partial charge in [-0.05, 0) is 54.7 Å². The molecule has 4 heteroatoms. The van der Waals surface area contributed by atoms with E-state index >= 15 is 0 Å². The maximum Gasteiger partial charge on any atom is 0.133 e. The molecule has 0 atom stereocenters. The second-order valence-electron chi connectivity index (χ2n) is 5.36. The molecular weight excluding hydrogens is 253 g/mol. The molecule has 2 aromatic carbocycles. The summed E-state index contributed by atoms with van der Waals surface area (Å²) in [7, 11) is 0. The molecule has 0 bridgehead atoms. The van der Waals surface area contributed by atoms with Crippen molar-refractivity contribution in [1.82, 2.24) is 0 Å². The number of aliphatic imine (C=N–C) groups is 1. The maximum absolute atomic E-state index is 13.4. The first-order chi connectivity index (χ1) is 9.70. The van der Waals surface area contributed by atoms with Gasteiger partial charge in [0.25, 0.3) is 0 Å². The molecule has 0 amide bonds. The first-order valence-electron chi connectivity index (χ1n) is 6.76. The number of amidine groups is 1. The fourth-order valence-electron chi connectivity index (χ4n) is 2.59. The summed E-state index contributed by atoms with van der Waals surface area (Å²) < 4.78 is 13.4. The Morgan fingerprint density at radius 2 is 1.95 bits per heavy atom. The van der Waals surface area contributed by atoms with Crippen molar-refractivity contribution in [1.29, 1.82) is 0 Å². The van der Waals surface area contributed by atoms with Crippen LogP contribution in [0.15, 0.2) is 41.4 Å². The summed E-state index contributed by atoms with van der Waals surface area (Å²) in [6.07, 6.45) is 2.49. The number of hydrogen-bond acceptors (Lipinski definition) is 3. The Bertz CT molecular complexity index is 732. The second-order valence-corrected chi connectivity index (χ2v) is 5.36. The molecule has 1 aliphatic carbocycles. The summed E-state index contributed by atoms with van der Waals surface area (Å²) in [6.45, 7) is 0. The van der Waals surface area contributed by atoms with Crippen molar-refractivity contribution in [2.75, 3.05) is 5.32 Å². The predicted octanol–water partition coefficient (Wildman–Crippen LogP) is 3.80. The van der Waals surface area contributed by atoms with Crippen LogP contribution in [0, 0.1) is 5.82 Å². The number of nitrogens with zero attached hydrogens (tertiary/aromatic N) is 1. The number of anilines is 2. The molecule has 4 rings (SSSR count). The van der Waals surface area contributed by atoms with Crippen molar-refractivity contribution >= 4 is 22.9 Å². The third-order valence-corrected chi connectivity index (χ3v) is 3.84. The van der Waals surface area contributed by atoms with Crippen LogP contribution in [0.4, 0.5) is 21.5 Å². The number of fused-ring (bicyclic) bond motifs is 2. The van der Waals surface area contributed by atoms with E-state index in [4.69, 9.17) is 5.73 Å². The molecule has 0 radical (unpaired) electrons. The van der Waals surface area contributed by atoms with Crippen molar-refractivity contribution in [3.05, 3.63) is 53.3 Å². The predicted molar refractivity (Wildman–Crippen MR) is 78.5 cm³/mol. The van der Waals surface area contributed by atoms with Crippen LogP contribution in [-0.4, -0.2) is 5.84 Å². The Morgan fingerprint density at radius 1 is 1.10 bits per heavy atom. The Balaban J connectivity index is 1.86. The Hall–Kier alpha value is -2.36. The summed E-state index contributed by atoms with van der Waals surface area (Å²) in [6, 6.07) is 10.7. The van der Waals surface area contributed by atoms with Gasteiger partial charge in [-0.15, -0.1) is 0 Å². The van der Waals surface area contributed by atoms with E-state index in [0.29, 0.717) is 23.1 Å². The van der Waals surface area contributed by atoms with Gasteiger partial charge in [-0.2, -0.15) is 0 Å². The molecule has 2 aliphatic rings. The molecule has 0 aromatic heterocycles. The molecule has 2 aromatic rings. The minimum absolute atomic E-state index is 0.289. The number of rotatable bonds is 1. The number of hydrogen-bond donors (Lipinski definition) is 2. The van der Waals surface area contributed by atoms with E-state index in [0.717, 1.165) is 11.3 Å². The van der Waals surface area contributed by atoms with Gasteiger partial charge in [-0.3, -0.25) is 0 Å². The number of nitrogens with two attached hydrogens (primary N) is 1. The van der Waals surface area contributed by atoms with Gasteiger partial charge >= 0.3 is 0 Å². The van der Waals surface area contributed by atoms with Crippen molar-refractivity contribution in [2.24, 2.45) is 10.7 Å². The van der Waals surface area contributed by atoms with Gasteiger partial charge < -0.3 is 11.1 Å². The van der Waals surface area contributed by atoms with Gasteiger partial charge in [0.15, 0.2) is 0 Å². The zero-order valence-electron chi connectivity index (χ0n) is 10.9. The van der Waals surface area contributed by atoms with Crippen molar-refractivity contribution < 1.29 is 4.39 Å². The van der Waals surface area contributed by atoms with Crippen molar-refractivity contribution in [3.63, 3.8) is 0 Å². The summed E-state index contributed by atoms with van der Waals surface area (Å²) >= 11 is 0. The third kappa shape index (κ3) is 1.84. The smallest absolute Gasteiger partial charge is 0.133 e. The first kappa shape index (κ1) is 11.5. The fourth-order valence-corrected chi connectivity index (χ4v) is 2.59. The standard InChI is InChI=1S/C16H14FN3/c17-11-4-6-14-15(8-11)19-13-5-3-10(9-1-2-9)7-12(13)16(18)20-14/h3-9,19H,1-2H2,(H2,18,20). The Kier molecular flexibility index (Phi) is 2.33. The molecule has 1 heterocycles. The van der Waals surface area contributed by atoms with E-state index in [2.05, 4.69) is 22.4 Å². The fraction of sp³-hybridized carbons (Fsp3) is 0.188. The van der Waals surface area contributed by atoms with E-state index in [1.807, 2.05) is 6.07 Å². The van der Waals surface area contributed by atoms with E-state index in [9.17, 15) is 4.39 Å². The normalized spacial score (nSPS) is 16.6. The molecule has 1 saturated carbocycles. The van der Waals surface area contributed by atoms with Gasteiger partial charge in [0.2, 0.25) is 0 Å². The van der Waals surface area contributed by atoms with Gasteiger partial charge in [0.1, 0.15) is 11.7 Å². The minimum Gasteiger partial charge on any atom is -0.383 e. The maximum atomic E-state index is 13.4. The van der Waals surface area contributed by atoms with Crippen LogP contribution in [0.1, 0.15) is 29.9 Å². The van der Waals surface area contributed by atoms with Crippen LogP contribution in [-0.2, 0) is 0 Å². The van der Waals surface area contributed by atoms with E-state index < -0.39 is 0 Å². The van der Waals surface area contributed by atoms with Gasteiger partial charge in [0, 0.05) is 11.3 Å². The lowest BCUT2D eigenvalue weighted by atomic mass is 10.0. The SMILES string of the molecule is NC1=Nc2ccc(F)cc2Nc2ccc(C3CC3)cc21. The van der Waals surface area contributed by atoms with Crippen LogP contribution in [0.25, 0.3) is 0 Å². The van der Waals surface area contributed by atoms with Gasteiger partial charge in [-0.25, -0.2) is 9.38 Å². The number of nitrogens with one attached hydrogen (secondary N) is 1. The van der Waals surface area contributed by atoms with Crippen LogP contribution in [0.3, 0.4) is 0 Å². The quantitative estimate of drug-likeness (QED) is 0.825. The average molecular weight is 267 g/mol. The van der Waals surface area contributed by atoms with Crippen LogP contribution in [0.5, 0.6) is 0 Å². The second kappa shape index (κ2) is 4.07. The van der Waals surface area contributed by atoms with Crippen molar-refractivity contribution in [2.45, 2.75) is 18.8 Å². The molecule has 1 fully saturated rings. The number of halogens is 1. The van der Waals surface area contributed by atoms with Crippen LogP contribution in [0.2, 0.25) is 0 Å². The number of benzene rings is 2. The minimum atomic E-state index is -0.289. The highest BCUT2D eigenvalue weighted by Crippen LogP contribution is 2.42. The molecule has 3 nitrogen and oxygen atoms in total. The summed E-state index contributed by atoms with van der Waals surface area (Å²) in [5.41, 5.74) is 10.5. The highest BCUT2D eigenvalue weighted by molar-refractivity contribution is 6.06. The highest BCUT2D eigenvalue weighted by atomic mass is 19.1. The zero-order chi connectivity index (χ0) is 13.7. The van der Waals surface area contributed by atoms with Crippen LogP contribution < -0.4 is 11.1 Å². The van der Waals surface area contributed by atoms with Gasteiger partial charge in [-0.1, -0.05) is 6.07 Å². The lowest BCUT2D eigenvalue weighted by Crippen LogP contribution is -2.13. The average Bonchev–Trinajstić information content (AvgIpc) is 3.26.